The predicted octanol–water partition coefficient (Wildman–Crippen LogP) is 3.29. The summed E-state index contributed by atoms with van der Waals surface area (Å²) in [5.41, 5.74) is 1.69. The molecule has 5 heteroatoms. The summed E-state index contributed by atoms with van der Waals surface area (Å²) in [5.74, 6) is 0.383. The van der Waals surface area contributed by atoms with Gasteiger partial charge >= 0.3 is 0 Å². The summed E-state index contributed by atoms with van der Waals surface area (Å²) in [4.78, 5) is 13.9. The summed E-state index contributed by atoms with van der Waals surface area (Å²) in [7, 11) is 1.88. The maximum absolute atomic E-state index is 12.8. The van der Waals surface area contributed by atoms with Crippen molar-refractivity contribution in [3.8, 4) is 5.75 Å². The Labute approximate surface area is 135 Å². The first kappa shape index (κ1) is 17.0. The number of nitrogens with zero attached hydrogens (tertiary/aromatic N) is 1. The lowest BCUT2D eigenvalue weighted by atomic mass is 10.2. The number of anilines is 1. The molecule has 0 heterocycles. The third kappa shape index (κ3) is 5.71. The molecular formula is C18H21FN2O2. The van der Waals surface area contributed by atoms with E-state index >= 15 is 0 Å². The Morgan fingerprint density at radius 3 is 2.39 bits per heavy atom. The van der Waals surface area contributed by atoms with Crippen molar-refractivity contribution in [2.75, 3.05) is 25.5 Å². The Morgan fingerprint density at radius 1 is 1.13 bits per heavy atom. The second-order valence-electron chi connectivity index (χ2n) is 5.30. The van der Waals surface area contributed by atoms with Crippen LogP contribution < -0.4 is 10.1 Å². The lowest BCUT2D eigenvalue weighted by Crippen LogP contribution is -2.29. The van der Waals surface area contributed by atoms with Crippen LogP contribution >= 0.6 is 0 Å². The second-order valence-corrected chi connectivity index (χ2v) is 5.30. The van der Waals surface area contributed by atoms with Crippen LogP contribution in [0, 0.1) is 5.82 Å². The Balaban J connectivity index is 1.82. The quantitative estimate of drug-likeness (QED) is 0.852. The molecular weight excluding hydrogens is 295 g/mol. The number of likely N-dealkylation sites (N-methyl/N-ethyl adjacent to an activating group) is 1. The summed E-state index contributed by atoms with van der Waals surface area (Å²) < 4.78 is 18.2. The fourth-order valence-corrected chi connectivity index (χ4v) is 2.20. The van der Waals surface area contributed by atoms with Crippen LogP contribution in [0.25, 0.3) is 0 Å². The number of ether oxygens (including phenoxy) is 1. The maximum atomic E-state index is 12.8. The van der Waals surface area contributed by atoms with E-state index in [9.17, 15) is 9.18 Å². The van der Waals surface area contributed by atoms with Gasteiger partial charge in [-0.1, -0.05) is 12.1 Å². The zero-order valence-electron chi connectivity index (χ0n) is 13.4. The Hall–Kier alpha value is -2.40. The number of nitrogens with one attached hydrogen (secondary N) is 1. The van der Waals surface area contributed by atoms with E-state index in [4.69, 9.17) is 4.74 Å². The number of hydrogen-bond acceptors (Lipinski definition) is 3. The molecule has 0 aliphatic carbocycles. The van der Waals surface area contributed by atoms with Crippen molar-refractivity contribution in [3.63, 3.8) is 0 Å². The number of rotatable bonds is 7. The molecule has 0 spiro atoms. The number of benzene rings is 2. The van der Waals surface area contributed by atoms with Crippen molar-refractivity contribution in [2.45, 2.75) is 13.5 Å². The lowest BCUT2D eigenvalue weighted by molar-refractivity contribution is -0.117. The van der Waals surface area contributed by atoms with Crippen molar-refractivity contribution in [2.24, 2.45) is 0 Å². The van der Waals surface area contributed by atoms with Crippen LogP contribution in [-0.2, 0) is 11.3 Å². The molecule has 0 radical (unpaired) electrons. The van der Waals surface area contributed by atoms with Crippen molar-refractivity contribution in [3.05, 3.63) is 59.9 Å². The highest BCUT2D eigenvalue weighted by Crippen LogP contribution is 2.13. The fraction of sp³-hybridized carbons (Fsp3) is 0.278. The Morgan fingerprint density at radius 2 is 1.78 bits per heavy atom. The molecule has 0 atom stereocenters. The van der Waals surface area contributed by atoms with E-state index < -0.39 is 0 Å². The van der Waals surface area contributed by atoms with Crippen LogP contribution in [0.1, 0.15) is 12.5 Å². The molecule has 2 aromatic rings. The minimum atomic E-state index is -0.324. The van der Waals surface area contributed by atoms with Crippen molar-refractivity contribution >= 4 is 11.6 Å². The average Bonchev–Trinajstić information content (AvgIpc) is 2.51. The molecule has 4 nitrogen and oxygen atoms in total. The molecule has 0 saturated heterocycles. The van der Waals surface area contributed by atoms with Crippen LogP contribution in [0.15, 0.2) is 48.5 Å². The molecule has 2 aromatic carbocycles. The number of hydrogen-bond donors (Lipinski definition) is 1. The van der Waals surface area contributed by atoms with Gasteiger partial charge in [-0.05, 0) is 55.9 Å². The van der Waals surface area contributed by atoms with Crippen LogP contribution in [0.3, 0.4) is 0 Å². The van der Waals surface area contributed by atoms with Gasteiger partial charge in [-0.2, -0.15) is 0 Å². The van der Waals surface area contributed by atoms with E-state index in [1.165, 1.54) is 12.1 Å². The SMILES string of the molecule is CCOc1ccc(CN(C)CC(=O)Nc2ccc(F)cc2)cc1. The highest BCUT2D eigenvalue weighted by atomic mass is 19.1. The van der Waals surface area contributed by atoms with E-state index in [0.717, 1.165) is 11.3 Å². The highest BCUT2D eigenvalue weighted by Gasteiger charge is 2.08. The van der Waals surface area contributed by atoms with Crippen molar-refractivity contribution < 1.29 is 13.9 Å². The first-order valence-corrected chi connectivity index (χ1v) is 7.52. The molecule has 0 fully saturated rings. The van der Waals surface area contributed by atoms with E-state index in [1.54, 1.807) is 12.1 Å². The Kier molecular flexibility index (Phi) is 6.11. The molecule has 1 amide bonds. The minimum Gasteiger partial charge on any atom is -0.494 e. The molecule has 122 valence electrons. The van der Waals surface area contributed by atoms with E-state index in [2.05, 4.69) is 5.32 Å². The standard InChI is InChI=1S/C18H21FN2O2/c1-3-23-17-10-4-14(5-11-17)12-21(2)13-18(22)20-16-8-6-15(19)7-9-16/h4-11H,3,12-13H2,1-2H3,(H,20,22). The number of carbonyl (C=O) groups excluding carboxylic acids is 1. The first-order valence-electron chi connectivity index (χ1n) is 7.52. The van der Waals surface area contributed by atoms with Crippen LogP contribution in [0.2, 0.25) is 0 Å². The topological polar surface area (TPSA) is 41.6 Å². The van der Waals surface area contributed by atoms with E-state index in [-0.39, 0.29) is 18.3 Å². The normalized spacial score (nSPS) is 10.6. The first-order chi connectivity index (χ1) is 11.1. The molecule has 2 rings (SSSR count). The van der Waals surface area contributed by atoms with Gasteiger partial charge in [0.1, 0.15) is 11.6 Å². The van der Waals surface area contributed by atoms with Gasteiger partial charge < -0.3 is 10.1 Å². The van der Waals surface area contributed by atoms with Gasteiger partial charge in [0.05, 0.1) is 13.2 Å². The van der Waals surface area contributed by atoms with Crippen molar-refractivity contribution in [1.29, 1.82) is 0 Å². The number of halogens is 1. The Bertz CT molecular complexity index is 626. The molecule has 0 unspecified atom stereocenters. The fourth-order valence-electron chi connectivity index (χ4n) is 2.20. The van der Waals surface area contributed by atoms with Gasteiger partial charge in [0.2, 0.25) is 5.91 Å². The summed E-state index contributed by atoms with van der Waals surface area (Å²) >= 11 is 0. The molecule has 0 aliphatic heterocycles. The smallest absolute Gasteiger partial charge is 0.238 e. The van der Waals surface area contributed by atoms with Gasteiger partial charge in [-0.15, -0.1) is 0 Å². The van der Waals surface area contributed by atoms with Gasteiger partial charge in [0, 0.05) is 12.2 Å². The van der Waals surface area contributed by atoms with Crippen LogP contribution in [-0.4, -0.2) is 31.0 Å². The third-order valence-electron chi connectivity index (χ3n) is 3.23. The second kappa shape index (κ2) is 8.29. The maximum Gasteiger partial charge on any atom is 0.238 e. The summed E-state index contributed by atoms with van der Waals surface area (Å²) in [6.45, 7) is 3.50. The third-order valence-corrected chi connectivity index (χ3v) is 3.23. The highest BCUT2D eigenvalue weighted by molar-refractivity contribution is 5.92. The van der Waals surface area contributed by atoms with Crippen LogP contribution in [0.5, 0.6) is 5.75 Å². The summed E-state index contributed by atoms with van der Waals surface area (Å²) in [6.07, 6.45) is 0. The van der Waals surface area contributed by atoms with E-state index in [0.29, 0.717) is 18.8 Å². The van der Waals surface area contributed by atoms with Crippen molar-refractivity contribution in [1.82, 2.24) is 4.90 Å². The van der Waals surface area contributed by atoms with E-state index in [1.807, 2.05) is 43.1 Å². The molecule has 0 bridgehead atoms. The monoisotopic (exact) mass is 316 g/mol. The van der Waals surface area contributed by atoms with Gasteiger partial charge in [0.15, 0.2) is 0 Å². The minimum absolute atomic E-state index is 0.134. The molecule has 23 heavy (non-hydrogen) atoms. The zero-order valence-corrected chi connectivity index (χ0v) is 13.4. The number of amides is 1. The zero-order chi connectivity index (χ0) is 16.7. The number of carbonyl (C=O) groups is 1. The molecule has 0 aromatic heterocycles. The predicted molar refractivity (Wildman–Crippen MR) is 89.0 cm³/mol. The molecule has 0 saturated carbocycles. The molecule has 0 aliphatic rings. The largest absolute Gasteiger partial charge is 0.494 e. The average molecular weight is 316 g/mol. The summed E-state index contributed by atoms with van der Waals surface area (Å²) in [6, 6.07) is 13.5. The summed E-state index contributed by atoms with van der Waals surface area (Å²) in [5, 5.41) is 2.74. The van der Waals surface area contributed by atoms with Gasteiger partial charge in [-0.25, -0.2) is 4.39 Å². The van der Waals surface area contributed by atoms with Crippen LogP contribution in [0.4, 0.5) is 10.1 Å². The van der Waals surface area contributed by atoms with Gasteiger partial charge in [-0.3, -0.25) is 9.69 Å². The lowest BCUT2D eigenvalue weighted by Gasteiger charge is -2.16. The van der Waals surface area contributed by atoms with Gasteiger partial charge in [0.25, 0.3) is 0 Å². The molecule has 1 N–H and O–H groups in total.